The number of rotatable bonds is 8. The van der Waals surface area contributed by atoms with Crippen molar-refractivity contribution in [2.45, 2.75) is 30.4 Å². The minimum atomic E-state index is -4.70. The van der Waals surface area contributed by atoms with Gasteiger partial charge in [0.15, 0.2) is 5.12 Å². The number of hydrogen-bond donors (Lipinski definition) is 4. The molecule has 0 saturated carbocycles. The average Bonchev–Trinajstić information content (AvgIpc) is 3.31. The fourth-order valence-corrected chi connectivity index (χ4v) is 5.56. The zero-order chi connectivity index (χ0) is 29.2. The lowest BCUT2D eigenvalue weighted by Gasteiger charge is -2.24. The summed E-state index contributed by atoms with van der Waals surface area (Å²) in [4.78, 5) is 48.9. The second kappa shape index (κ2) is 11.5. The molecule has 0 radical (unpaired) electrons. The van der Waals surface area contributed by atoms with E-state index in [1.54, 1.807) is 0 Å². The molecular weight excluding hydrogens is 566 g/mol. The molecule has 0 aliphatic carbocycles. The Morgan fingerprint density at radius 3 is 2.38 bits per heavy atom. The largest absolute Gasteiger partial charge is 0.506 e. The second-order valence-electron chi connectivity index (χ2n) is 9.12. The number of nitro groups is 1. The van der Waals surface area contributed by atoms with E-state index in [1.165, 1.54) is 48.5 Å². The molecule has 3 aromatic rings. The zero-order valence-corrected chi connectivity index (χ0v) is 22.3. The number of non-ortho nitro benzene ring substituents is 1. The lowest BCUT2D eigenvalue weighted by Crippen LogP contribution is -2.43. The average molecular weight is 590 g/mol. The molecule has 1 saturated heterocycles. The highest BCUT2D eigenvalue weighted by atomic mass is 32.2. The van der Waals surface area contributed by atoms with Crippen molar-refractivity contribution in [3.8, 4) is 5.75 Å². The summed E-state index contributed by atoms with van der Waals surface area (Å²) in [5.41, 5.74) is 0.198. The Morgan fingerprint density at radius 2 is 1.77 bits per heavy atom. The molecule has 2 amide bonds. The maximum atomic E-state index is 13.4. The summed E-state index contributed by atoms with van der Waals surface area (Å²) in [7, 11) is -4.70. The molecule has 210 valence electrons. The number of thiol groups is 1. The molecule has 2 atom stereocenters. The van der Waals surface area contributed by atoms with Gasteiger partial charge in [0.2, 0.25) is 5.91 Å². The fourth-order valence-electron chi connectivity index (χ4n) is 4.59. The summed E-state index contributed by atoms with van der Waals surface area (Å²) in [6.07, 6.45) is -0.813. The third-order valence-electron chi connectivity index (χ3n) is 6.41. The number of phenols is 1. The number of nitrogens with zero attached hydrogens (tertiary/aromatic N) is 2. The van der Waals surface area contributed by atoms with Crippen molar-refractivity contribution >= 4 is 62.0 Å². The first-order chi connectivity index (χ1) is 18.8. The van der Waals surface area contributed by atoms with Crippen LogP contribution in [0.5, 0.6) is 5.75 Å². The van der Waals surface area contributed by atoms with Crippen LogP contribution in [0.25, 0.3) is 10.8 Å². The van der Waals surface area contributed by atoms with Gasteiger partial charge in [-0.15, -0.1) is 12.6 Å². The number of ether oxygens (including phenoxy) is 1. The van der Waals surface area contributed by atoms with Crippen LogP contribution in [0.15, 0.2) is 59.5 Å². The molecule has 0 unspecified atom stereocenters. The van der Waals surface area contributed by atoms with Gasteiger partial charge in [0.05, 0.1) is 10.6 Å². The minimum absolute atomic E-state index is 0.00208. The Labute approximate surface area is 233 Å². The SMILES string of the molecule is O=C(S)C[C@@H]1C[C@@H](C(=O)Nc2c(O)cc(S(=O)(=O)O)c3ccccc23)N(C(=O)OCc2ccc([N+](=O)[O-])cc2)C1. The number of amides is 2. The smallest absolute Gasteiger partial charge is 0.410 e. The van der Waals surface area contributed by atoms with E-state index in [9.17, 15) is 42.6 Å². The zero-order valence-electron chi connectivity index (χ0n) is 20.6. The maximum absolute atomic E-state index is 13.4. The van der Waals surface area contributed by atoms with E-state index in [2.05, 4.69) is 17.9 Å². The molecule has 0 spiro atoms. The monoisotopic (exact) mass is 589 g/mol. The van der Waals surface area contributed by atoms with Gasteiger partial charge in [0.1, 0.15) is 23.3 Å². The van der Waals surface area contributed by atoms with Crippen molar-refractivity contribution in [1.29, 1.82) is 0 Å². The van der Waals surface area contributed by atoms with Gasteiger partial charge in [-0.1, -0.05) is 24.3 Å². The van der Waals surface area contributed by atoms with E-state index in [-0.39, 0.29) is 48.1 Å². The van der Waals surface area contributed by atoms with E-state index in [1.807, 2.05) is 0 Å². The number of hydrogen-bond acceptors (Lipinski definition) is 9. The van der Waals surface area contributed by atoms with Crippen molar-refractivity contribution in [3.63, 3.8) is 0 Å². The number of aromatic hydroxyl groups is 1. The molecule has 3 aromatic carbocycles. The highest BCUT2D eigenvalue weighted by Crippen LogP contribution is 2.38. The molecular formula is C25H23N3O10S2. The molecule has 15 heteroatoms. The summed E-state index contributed by atoms with van der Waals surface area (Å²) in [5.74, 6) is -1.78. The lowest BCUT2D eigenvalue weighted by atomic mass is 10.0. The van der Waals surface area contributed by atoms with Crippen molar-refractivity contribution in [3.05, 3.63) is 70.3 Å². The predicted octanol–water partition coefficient (Wildman–Crippen LogP) is 3.51. The Hall–Kier alpha value is -4.21. The van der Waals surface area contributed by atoms with Crippen LogP contribution in [0.1, 0.15) is 18.4 Å². The number of likely N-dealkylation sites (tertiary alicyclic amines) is 1. The highest BCUT2D eigenvalue weighted by molar-refractivity contribution is 7.96. The predicted molar refractivity (Wildman–Crippen MR) is 145 cm³/mol. The van der Waals surface area contributed by atoms with E-state index in [4.69, 9.17) is 4.74 Å². The molecule has 1 aliphatic rings. The summed E-state index contributed by atoms with van der Waals surface area (Å²) in [6.45, 7) is -0.238. The number of anilines is 1. The van der Waals surface area contributed by atoms with Crippen LogP contribution in [0, 0.1) is 16.0 Å². The van der Waals surface area contributed by atoms with Crippen LogP contribution < -0.4 is 5.32 Å². The summed E-state index contributed by atoms with van der Waals surface area (Å²) >= 11 is 3.79. The fraction of sp³-hybridized carbons (Fsp3) is 0.240. The third kappa shape index (κ3) is 6.32. The van der Waals surface area contributed by atoms with Gasteiger partial charge in [-0.25, -0.2) is 4.79 Å². The first-order valence-corrected chi connectivity index (χ1v) is 13.7. The van der Waals surface area contributed by atoms with Gasteiger partial charge >= 0.3 is 6.09 Å². The Balaban J connectivity index is 1.58. The van der Waals surface area contributed by atoms with Gasteiger partial charge in [-0.2, -0.15) is 8.42 Å². The van der Waals surface area contributed by atoms with Crippen LogP contribution >= 0.6 is 12.6 Å². The standard InChI is InChI=1S/C25H23N3O10S2/c29-20-11-21(40(35,36)37)17-3-1-2-4-18(17)23(20)26-24(31)19-9-15(10-22(30)39)12-27(19)25(32)38-13-14-5-7-16(8-6-14)28(33)34/h1-8,11,15,19,29H,9-10,12-13H2,(H,26,31)(H,30,39)(H,35,36,37)/t15-,19-/m0/s1. The van der Waals surface area contributed by atoms with Crippen LogP contribution in [-0.2, 0) is 31.1 Å². The van der Waals surface area contributed by atoms with E-state index in [0.717, 1.165) is 11.0 Å². The van der Waals surface area contributed by atoms with E-state index >= 15 is 0 Å². The molecule has 1 aliphatic heterocycles. The van der Waals surface area contributed by atoms with Gasteiger partial charge in [0.25, 0.3) is 15.8 Å². The van der Waals surface area contributed by atoms with Crippen molar-refractivity contribution in [1.82, 2.24) is 4.90 Å². The first-order valence-electron chi connectivity index (χ1n) is 11.8. The lowest BCUT2D eigenvalue weighted by molar-refractivity contribution is -0.384. The molecule has 1 fully saturated rings. The number of carbonyl (C=O) groups is 3. The minimum Gasteiger partial charge on any atom is -0.506 e. The van der Waals surface area contributed by atoms with Crippen molar-refractivity contribution in [2.75, 3.05) is 11.9 Å². The normalized spacial score (nSPS) is 17.0. The van der Waals surface area contributed by atoms with Crippen LogP contribution in [-0.4, -0.2) is 57.6 Å². The van der Waals surface area contributed by atoms with Gasteiger partial charge in [-0.3, -0.25) is 29.2 Å². The van der Waals surface area contributed by atoms with Crippen molar-refractivity contribution in [2.24, 2.45) is 5.92 Å². The van der Waals surface area contributed by atoms with Crippen LogP contribution in [0.4, 0.5) is 16.2 Å². The Kier molecular flexibility index (Phi) is 8.27. The topological polar surface area (TPSA) is 193 Å². The molecule has 13 nitrogen and oxygen atoms in total. The Bertz CT molecular complexity index is 1610. The van der Waals surface area contributed by atoms with E-state index in [0.29, 0.717) is 5.56 Å². The van der Waals surface area contributed by atoms with Crippen LogP contribution in [0.3, 0.4) is 0 Å². The maximum Gasteiger partial charge on any atom is 0.410 e. The first kappa shape index (κ1) is 28.8. The van der Waals surface area contributed by atoms with Gasteiger partial charge in [-0.05, 0) is 30.0 Å². The van der Waals surface area contributed by atoms with Crippen LogP contribution in [0.2, 0.25) is 0 Å². The number of phenolic OH excluding ortho intramolecular Hbond substituents is 1. The number of fused-ring (bicyclic) bond motifs is 1. The molecule has 4 rings (SSSR count). The second-order valence-corrected chi connectivity index (χ2v) is 11.0. The summed E-state index contributed by atoms with van der Waals surface area (Å²) in [5, 5.41) is 23.7. The molecule has 40 heavy (non-hydrogen) atoms. The number of nitrogens with one attached hydrogen (secondary N) is 1. The van der Waals surface area contributed by atoms with Gasteiger partial charge in [0, 0.05) is 41.9 Å². The molecule has 1 heterocycles. The highest BCUT2D eigenvalue weighted by Gasteiger charge is 2.41. The van der Waals surface area contributed by atoms with E-state index < -0.39 is 54.8 Å². The van der Waals surface area contributed by atoms with Crippen molar-refractivity contribution < 1.29 is 42.1 Å². The quantitative estimate of drug-likeness (QED) is 0.0993. The number of benzene rings is 3. The summed E-state index contributed by atoms with van der Waals surface area (Å²) in [6, 6.07) is 10.9. The Morgan fingerprint density at radius 1 is 1.12 bits per heavy atom. The third-order valence-corrected chi connectivity index (χ3v) is 7.49. The number of carbonyl (C=O) groups excluding carboxylic acids is 3. The molecule has 3 N–H and O–H groups in total. The molecule has 0 bridgehead atoms. The summed E-state index contributed by atoms with van der Waals surface area (Å²) < 4.78 is 38.6. The van der Waals surface area contributed by atoms with Gasteiger partial charge < -0.3 is 15.2 Å². The number of nitro benzene ring substituents is 1. The molecule has 0 aromatic heterocycles.